The molecule has 9 heteroatoms. The number of benzene rings is 1. The van der Waals surface area contributed by atoms with E-state index in [9.17, 15) is 13.6 Å². The van der Waals surface area contributed by atoms with Crippen LogP contribution in [0.2, 0.25) is 0 Å². The molecule has 30 heavy (non-hydrogen) atoms. The second kappa shape index (κ2) is 8.51. The fourth-order valence-corrected chi connectivity index (χ4v) is 3.80. The van der Waals surface area contributed by atoms with Gasteiger partial charge in [0.2, 0.25) is 5.95 Å². The maximum atomic E-state index is 13.6. The van der Waals surface area contributed by atoms with Crippen molar-refractivity contribution in [2.75, 3.05) is 36.5 Å². The monoisotopic (exact) mass is 417 g/mol. The van der Waals surface area contributed by atoms with Crippen LogP contribution in [0.1, 0.15) is 36.9 Å². The second-order valence-corrected chi connectivity index (χ2v) is 7.78. The maximum absolute atomic E-state index is 13.6. The molecule has 2 saturated heterocycles. The second-order valence-electron chi connectivity index (χ2n) is 7.78. The Morgan fingerprint density at radius 1 is 1.23 bits per heavy atom. The normalized spacial score (nSPS) is 20.1. The molecule has 1 N–H and O–H groups in total. The van der Waals surface area contributed by atoms with Crippen molar-refractivity contribution < 1.29 is 18.3 Å². The first-order chi connectivity index (χ1) is 14.4. The first-order valence-corrected chi connectivity index (χ1v) is 10.1. The molecule has 0 spiro atoms. The van der Waals surface area contributed by atoms with Crippen LogP contribution in [0.25, 0.3) is 0 Å². The van der Waals surface area contributed by atoms with Crippen molar-refractivity contribution in [3.63, 3.8) is 0 Å². The molecule has 2 aliphatic rings. The Bertz CT molecular complexity index is 893. The lowest BCUT2D eigenvalue weighted by molar-refractivity contribution is -0.0661. The zero-order chi connectivity index (χ0) is 21.1. The molecule has 0 saturated carbocycles. The standard InChI is InChI=1S/C21H25F2N5O2/c1-15(25-19-24-9-7-18(26-19)28-11-12-30-20(28)29)17-5-3-16(4-6-17)13-27-10-2-8-21(22,23)14-27/h3-7,9,15H,2,8,10-14H2,1H3,(H,24,25,26). The van der Waals surface area contributed by atoms with Gasteiger partial charge in [0.05, 0.1) is 19.1 Å². The molecule has 1 aromatic heterocycles. The van der Waals surface area contributed by atoms with Crippen molar-refractivity contribution in [1.82, 2.24) is 14.9 Å². The van der Waals surface area contributed by atoms with E-state index in [0.717, 1.165) is 11.1 Å². The smallest absolute Gasteiger partial charge is 0.415 e. The Hall–Kier alpha value is -2.81. The predicted molar refractivity (Wildman–Crippen MR) is 109 cm³/mol. The van der Waals surface area contributed by atoms with Crippen molar-refractivity contribution in [3.8, 4) is 0 Å². The minimum absolute atomic E-state index is 0.0200. The number of aromatic nitrogens is 2. The molecule has 1 aromatic carbocycles. The van der Waals surface area contributed by atoms with Crippen molar-refractivity contribution in [2.24, 2.45) is 0 Å². The molecule has 2 aromatic rings. The van der Waals surface area contributed by atoms with Gasteiger partial charge in [-0.15, -0.1) is 0 Å². The van der Waals surface area contributed by atoms with Gasteiger partial charge in [0.1, 0.15) is 12.4 Å². The highest BCUT2D eigenvalue weighted by Crippen LogP contribution is 2.28. The first-order valence-electron chi connectivity index (χ1n) is 10.1. The third-order valence-electron chi connectivity index (χ3n) is 5.38. The summed E-state index contributed by atoms with van der Waals surface area (Å²) in [6, 6.07) is 9.50. The number of halogens is 2. The number of nitrogens with zero attached hydrogens (tertiary/aromatic N) is 4. The number of piperidine rings is 1. The molecule has 2 aliphatic heterocycles. The van der Waals surface area contributed by atoms with Crippen LogP contribution in [0, 0.1) is 0 Å². The van der Waals surface area contributed by atoms with Crippen LogP contribution in [0.4, 0.5) is 25.3 Å². The average Bonchev–Trinajstić information content (AvgIpc) is 3.14. The van der Waals surface area contributed by atoms with Crippen LogP contribution < -0.4 is 10.2 Å². The summed E-state index contributed by atoms with van der Waals surface area (Å²) in [5.41, 5.74) is 2.03. The third-order valence-corrected chi connectivity index (χ3v) is 5.38. The lowest BCUT2D eigenvalue weighted by atomic mass is 10.0. The maximum Gasteiger partial charge on any atom is 0.415 e. The summed E-state index contributed by atoms with van der Waals surface area (Å²) in [7, 11) is 0. The highest BCUT2D eigenvalue weighted by atomic mass is 19.3. The molecule has 3 heterocycles. The number of hydrogen-bond donors (Lipinski definition) is 1. The summed E-state index contributed by atoms with van der Waals surface area (Å²) in [5, 5.41) is 3.24. The van der Waals surface area contributed by atoms with Crippen molar-refractivity contribution in [3.05, 3.63) is 47.7 Å². The van der Waals surface area contributed by atoms with Gasteiger partial charge in [-0.25, -0.2) is 18.6 Å². The lowest BCUT2D eigenvalue weighted by Crippen LogP contribution is -2.41. The minimum atomic E-state index is -2.59. The largest absolute Gasteiger partial charge is 0.447 e. The van der Waals surface area contributed by atoms with E-state index in [-0.39, 0.29) is 19.0 Å². The van der Waals surface area contributed by atoms with Crippen molar-refractivity contribution >= 4 is 17.9 Å². The number of rotatable bonds is 6. The van der Waals surface area contributed by atoms with Gasteiger partial charge in [0, 0.05) is 19.2 Å². The molecule has 0 bridgehead atoms. The number of ether oxygens (including phenoxy) is 1. The molecular formula is C21H25F2N5O2. The number of hydrogen-bond acceptors (Lipinski definition) is 6. The van der Waals surface area contributed by atoms with E-state index >= 15 is 0 Å². The van der Waals surface area contributed by atoms with Gasteiger partial charge in [-0.05, 0) is 37.1 Å². The Labute approximate surface area is 174 Å². The summed E-state index contributed by atoms with van der Waals surface area (Å²) >= 11 is 0. The van der Waals surface area contributed by atoms with E-state index < -0.39 is 12.0 Å². The number of alkyl halides is 2. The molecule has 2 fully saturated rings. The molecule has 1 unspecified atom stereocenters. The van der Waals surface area contributed by atoms with Gasteiger partial charge < -0.3 is 10.1 Å². The minimum Gasteiger partial charge on any atom is -0.447 e. The first kappa shape index (κ1) is 20.5. The summed E-state index contributed by atoms with van der Waals surface area (Å²) in [4.78, 5) is 23.6. The van der Waals surface area contributed by atoms with Crippen LogP contribution >= 0.6 is 0 Å². The number of likely N-dealkylation sites (tertiary alicyclic amines) is 1. The SMILES string of the molecule is CC(Nc1nccc(N2CCOC2=O)n1)c1ccc(CN2CCCC(F)(F)C2)cc1. The molecule has 160 valence electrons. The van der Waals surface area contributed by atoms with E-state index in [1.807, 2.05) is 36.1 Å². The van der Waals surface area contributed by atoms with E-state index in [4.69, 9.17) is 4.74 Å². The zero-order valence-electron chi connectivity index (χ0n) is 16.9. The summed E-state index contributed by atoms with van der Waals surface area (Å²) < 4.78 is 32.1. The van der Waals surface area contributed by atoms with Gasteiger partial charge >= 0.3 is 6.09 Å². The molecule has 1 amide bonds. The van der Waals surface area contributed by atoms with Gasteiger partial charge in [0.15, 0.2) is 0 Å². The Kier molecular flexibility index (Phi) is 5.80. The Morgan fingerprint density at radius 3 is 2.73 bits per heavy atom. The summed E-state index contributed by atoms with van der Waals surface area (Å²) in [6.45, 7) is 3.85. The number of carbonyl (C=O) groups is 1. The topological polar surface area (TPSA) is 70.6 Å². The quantitative estimate of drug-likeness (QED) is 0.770. The fraction of sp³-hybridized carbons (Fsp3) is 0.476. The summed E-state index contributed by atoms with van der Waals surface area (Å²) in [5.74, 6) is -1.67. The average molecular weight is 417 g/mol. The highest BCUT2D eigenvalue weighted by molar-refractivity contribution is 5.88. The fourth-order valence-electron chi connectivity index (χ4n) is 3.80. The van der Waals surface area contributed by atoms with Crippen LogP contribution in [0.5, 0.6) is 0 Å². The van der Waals surface area contributed by atoms with Crippen LogP contribution in [-0.4, -0.2) is 53.1 Å². The van der Waals surface area contributed by atoms with Crippen molar-refractivity contribution in [2.45, 2.75) is 38.3 Å². The van der Waals surface area contributed by atoms with Gasteiger partial charge in [-0.1, -0.05) is 24.3 Å². The highest BCUT2D eigenvalue weighted by Gasteiger charge is 2.34. The number of nitrogens with one attached hydrogen (secondary N) is 1. The third kappa shape index (κ3) is 4.84. The van der Waals surface area contributed by atoms with E-state index in [1.54, 1.807) is 12.3 Å². The molecular weight excluding hydrogens is 392 g/mol. The van der Waals surface area contributed by atoms with Gasteiger partial charge in [-0.2, -0.15) is 4.98 Å². The summed E-state index contributed by atoms with van der Waals surface area (Å²) in [6.07, 6.45) is 1.70. The van der Waals surface area contributed by atoms with E-state index in [0.29, 0.717) is 44.4 Å². The number of anilines is 2. The van der Waals surface area contributed by atoms with Gasteiger partial charge in [-0.3, -0.25) is 9.80 Å². The van der Waals surface area contributed by atoms with Gasteiger partial charge in [0.25, 0.3) is 5.92 Å². The number of amides is 1. The molecule has 4 rings (SSSR count). The molecule has 0 aliphatic carbocycles. The molecule has 7 nitrogen and oxygen atoms in total. The van der Waals surface area contributed by atoms with E-state index in [2.05, 4.69) is 15.3 Å². The number of carbonyl (C=O) groups excluding carboxylic acids is 1. The predicted octanol–water partition coefficient (Wildman–Crippen LogP) is 3.84. The van der Waals surface area contributed by atoms with E-state index in [1.165, 1.54) is 4.90 Å². The van der Waals surface area contributed by atoms with Crippen LogP contribution in [-0.2, 0) is 11.3 Å². The Balaban J connectivity index is 1.37. The van der Waals surface area contributed by atoms with Crippen molar-refractivity contribution in [1.29, 1.82) is 0 Å². The van der Waals surface area contributed by atoms with Crippen LogP contribution in [0.3, 0.4) is 0 Å². The van der Waals surface area contributed by atoms with Crippen LogP contribution in [0.15, 0.2) is 36.5 Å². The molecule has 0 radical (unpaired) electrons. The lowest BCUT2D eigenvalue weighted by Gasteiger charge is -2.32. The molecule has 1 atom stereocenters. The zero-order valence-corrected chi connectivity index (χ0v) is 16.9. The number of cyclic esters (lactones) is 1. The Morgan fingerprint density at radius 2 is 2.03 bits per heavy atom.